The summed E-state index contributed by atoms with van der Waals surface area (Å²) in [6, 6.07) is 2.29. The second kappa shape index (κ2) is 8.46. The Bertz CT molecular complexity index is 1350. The van der Waals surface area contributed by atoms with Crippen LogP contribution < -0.4 is 22.0 Å². The molecule has 0 spiro atoms. The highest BCUT2D eigenvalue weighted by Gasteiger charge is 2.74. The van der Waals surface area contributed by atoms with Crippen molar-refractivity contribution in [2.75, 3.05) is 5.73 Å². The Hall–Kier alpha value is -2.69. The van der Waals surface area contributed by atoms with Crippen molar-refractivity contribution < 1.29 is 30.8 Å². The summed E-state index contributed by atoms with van der Waals surface area (Å²) in [5, 5.41) is 0.176. The zero-order valence-electron chi connectivity index (χ0n) is 18.2. The van der Waals surface area contributed by atoms with Crippen LogP contribution in [0.15, 0.2) is 53.0 Å². The van der Waals surface area contributed by atoms with Gasteiger partial charge in [-0.3, -0.25) is 0 Å². The number of rotatable bonds is 3. The Morgan fingerprint density at radius 3 is 2.46 bits per heavy atom. The van der Waals surface area contributed by atoms with E-state index >= 15 is 0 Å². The van der Waals surface area contributed by atoms with Gasteiger partial charge in [-0.15, -0.1) is 0 Å². The van der Waals surface area contributed by atoms with E-state index < -0.39 is 40.0 Å². The Labute approximate surface area is 206 Å². The number of alkyl halides is 7. The van der Waals surface area contributed by atoms with Crippen LogP contribution >= 0.6 is 15.9 Å². The molecule has 0 saturated carbocycles. The number of hydrogen-bond acceptors (Lipinski definition) is 3. The molecule has 2 atom stereocenters. The number of aromatic nitrogens is 1. The smallest absolute Gasteiger partial charge is 0.407 e. The molecule has 2 aliphatic rings. The van der Waals surface area contributed by atoms with Gasteiger partial charge in [0, 0.05) is 17.2 Å². The van der Waals surface area contributed by atoms with Gasteiger partial charge in [-0.1, -0.05) is 63.9 Å². The number of nitrogens with two attached hydrogens (primary N) is 1. The minimum Gasteiger partial charge on any atom is -0.436 e. The molecule has 2 unspecified atom stereocenters. The SMILES string of the molecule is [B]c1cc(C(C2C=c3oc(C4=CC=CC(C)(Br)C=C4)nc3=CC2)(C(F)(F)F)C(F)(F)F)ccc1N. The lowest BCUT2D eigenvalue weighted by atomic mass is 9.66. The van der Waals surface area contributed by atoms with E-state index in [4.69, 9.17) is 18.0 Å². The van der Waals surface area contributed by atoms with Crippen LogP contribution in [0.2, 0.25) is 0 Å². The van der Waals surface area contributed by atoms with Crippen LogP contribution in [0.25, 0.3) is 17.7 Å². The Morgan fingerprint density at radius 1 is 1.14 bits per heavy atom. The summed E-state index contributed by atoms with van der Waals surface area (Å²) in [6.45, 7) is 1.89. The molecule has 0 bridgehead atoms. The molecular formula is C24H18BBrF6N2O. The lowest BCUT2D eigenvalue weighted by molar-refractivity contribution is -0.313. The van der Waals surface area contributed by atoms with E-state index in [-0.39, 0.29) is 27.8 Å². The zero-order valence-corrected chi connectivity index (χ0v) is 19.8. The number of benzene rings is 1. The first kappa shape index (κ1) is 25.4. The van der Waals surface area contributed by atoms with Crippen molar-refractivity contribution in [1.29, 1.82) is 0 Å². The molecular weight excluding hydrogens is 537 g/mol. The third-order valence-electron chi connectivity index (χ3n) is 6.12. The molecule has 1 aromatic heterocycles. The summed E-state index contributed by atoms with van der Waals surface area (Å²) in [6.07, 6.45) is -1.11. The number of nitrogens with zero attached hydrogens (tertiary/aromatic N) is 1. The predicted octanol–water partition coefficient (Wildman–Crippen LogP) is 4.36. The van der Waals surface area contributed by atoms with Crippen molar-refractivity contribution in [3.05, 3.63) is 70.8 Å². The zero-order chi connectivity index (χ0) is 25.8. The van der Waals surface area contributed by atoms with Crippen molar-refractivity contribution in [1.82, 2.24) is 4.98 Å². The second-order valence-electron chi connectivity index (χ2n) is 8.59. The second-order valence-corrected chi connectivity index (χ2v) is 10.3. The van der Waals surface area contributed by atoms with Crippen LogP contribution in [0, 0.1) is 5.92 Å². The number of halogens is 7. The van der Waals surface area contributed by atoms with Crippen LogP contribution in [0.5, 0.6) is 0 Å². The van der Waals surface area contributed by atoms with Crippen LogP contribution in [-0.4, -0.2) is 29.5 Å². The van der Waals surface area contributed by atoms with Gasteiger partial charge in [0.15, 0.2) is 10.8 Å². The summed E-state index contributed by atoms with van der Waals surface area (Å²) in [4.78, 5) is 4.28. The van der Waals surface area contributed by atoms with Gasteiger partial charge in [-0.25, -0.2) is 4.98 Å². The predicted molar refractivity (Wildman–Crippen MR) is 126 cm³/mol. The summed E-state index contributed by atoms with van der Waals surface area (Å²) >= 11 is 3.50. The fourth-order valence-electron chi connectivity index (χ4n) is 4.31. The molecule has 1 heterocycles. The van der Waals surface area contributed by atoms with Crippen LogP contribution in [0.4, 0.5) is 32.0 Å². The van der Waals surface area contributed by atoms with Gasteiger partial charge in [0.1, 0.15) is 13.2 Å². The molecule has 0 fully saturated rings. The minimum atomic E-state index is -5.71. The normalized spacial score (nSPS) is 22.6. The first-order valence-electron chi connectivity index (χ1n) is 10.4. The largest absolute Gasteiger partial charge is 0.436 e. The van der Waals surface area contributed by atoms with Crippen LogP contribution in [-0.2, 0) is 5.41 Å². The standard InChI is InChI=1S/C24H18BBrF6N2O/c1-21(26)9-2-3-13(8-10-21)20-34-18-7-5-15(12-19(18)35-20)22(23(27,28)29,24(30,31)32)14-4-6-17(33)16(25)11-14/h2-4,6-12,15H,5,33H2,1H3. The highest BCUT2D eigenvalue weighted by atomic mass is 79.9. The average molecular weight is 555 g/mol. The number of hydrogen-bond donors (Lipinski definition) is 1. The van der Waals surface area contributed by atoms with Crippen molar-refractivity contribution >= 4 is 52.7 Å². The summed E-state index contributed by atoms with van der Waals surface area (Å²) in [7, 11) is 5.60. The monoisotopic (exact) mass is 554 g/mol. The fraction of sp³-hybridized carbons (Fsp3) is 0.292. The molecule has 0 amide bonds. The maximum Gasteiger partial charge on any atom is 0.407 e. The average Bonchev–Trinajstić information content (AvgIpc) is 3.05. The fourth-order valence-corrected chi connectivity index (χ4v) is 4.60. The lowest BCUT2D eigenvalue weighted by Crippen LogP contribution is -2.59. The van der Waals surface area contributed by atoms with E-state index in [1.807, 2.05) is 19.1 Å². The number of oxazole rings is 1. The van der Waals surface area contributed by atoms with Crippen molar-refractivity contribution in [3.63, 3.8) is 0 Å². The number of fused-ring (bicyclic) bond motifs is 1. The molecule has 182 valence electrons. The van der Waals surface area contributed by atoms with E-state index in [1.165, 1.54) is 6.08 Å². The van der Waals surface area contributed by atoms with E-state index in [1.54, 1.807) is 18.2 Å². The maximum atomic E-state index is 14.5. The van der Waals surface area contributed by atoms with E-state index in [0.717, 1.165) is 12.1 Å². The van der Waals surface area contributed by atoms with Crippen molar-refractivity contribution in [2.24, 2.45) is 5.92 Å². The summed E-state index contributed by atoms with van der Waals surface area (Å²) in [5.41, 5.74) is 0.119. The van der Waals surface area contributed by atoms with Crippen LogP contribution in [0.3, 0.4) is 0 Å². The highest BCUT2D eigenvalue weighted by molar-refractivity contribution is 9.10. The van der Waals surface area contributed by atoms with Gasteiger partial charge in [0.05, 0.1) is 4.32 Å². The topological polar surface area (TPSA) is 52.0 Å². The first-order valence-corrected chi connectivity index (χ1v) is 11.2. The van der Waals surface area contributed by atoms with E-state index in [2.05, 4.69) is 20.9 Å². The summed E-state index contributed by atoms with van der Waals surface area (Å²) < 4.78 is 92.0. The van der Waals surface area contributed by atoms with Gasteiger partial charge in [-0.2, -0.15) is 26.3 Å². The first-order chi connectivity index (χ1) is 16.2. The lowest BCUT2D eigenvalue weighted by Gasteiger charge is -2.42. The molecule has 2 aliphatic carbocycles. The molecule has 0 aliphatic heterocycles. The minimum absolute atomic E-state index is 0.0793. The van der Waals surface area contributed by atoms with Gasteiger partial charge in [0.25, 0.3) is 0 Å². The Morgan fingerprint density at radius 2 is 1.83 bits per heavy atom. The van der Waals surface area contributed by atoms with Crippen LogP contribution in [0.1, 0.15) is 24.8 Å². The molecule has 4 rings (SSSR count). The van der Waals surface area contributed by atoms with Gasteiger partial charge < -0.3 is 10.2 Å². The van der Waals surface area contributed by atoms with Crippen molar-refractivity contribution in [3.8, 4) is 0 Å². The van der Waals surface area contributed by atoms with E-state index in [0.29, 0.717) is 17.7 Å². The van der Waals surface area contributed by atoms with Gasteiger partial charge in [0.2, 0.25) is 5.89 Å². The highest BCUT2D eigenvalue weighted by Crippen LogP contribution is 2.58. The Kier molecular flexibility index (Phi) is 6.14. The maximum absolute atomic E-state index is 14.5. The number of anilines is 1. The molecule has 2 radical (unpaired) electrons. The number of nitrogen functional groups attached to an aromatic ring is 1. The molecule has 11 heteroatoms. The summed E-state index contributed by atoms with van der Waals surface area (Å²) in [5.74, 6) is -1.99. The molecule has 35 heavy (non-hydrogen) atoms. The molecule has 0 saturated heterocycles. The quantitative estimate of drug-likeness (QED) is 0.265. The van der Waals surface area contributed by atoms with Gasteiger partial charge in [-0.05, 0) is 37.1 Å². The van der Waals surface area contributed by atoms with Gasteiger partial charge >= 0.3 is 12.4 Å². The Balaban J connectivity index is 1.88. The van der Waals surface area contributed by atoms with Crippen molar-refractivity contribution in [2.45, 2.75) is 35.4 Å². The molecule has 2 aromatic rings. The molecule has 3 nitrogen and oxygen atoms in total. The number of allylic oxidation sites excluding steroid dienone is 6. The third kappa shape index (κ3) is 4.39. The molecule has 1 aromatic carbocycles. The molecule has 2 N–H and O–H groups in total. The third-order valence-corrected chi connectivity index (χ3v) is 6.65. The van der Waals surface area contributed by atoms with E-state index in [9.17, 15) is 26.3 Å².